The summed E-state index contributed by atoms with van der Waals surface area (Å²) in [4.78, 5) is 32.4. The Bertz CT molecular complexity index is 1070. The number of aromatic nitrogens is 4. The quantitative estimate of drug-likeness (QED) is 0.588. The second kappa shape index (κ2) is 9.97. The third-order valence-electron chi connectivity index (χ3n) is 6.41. The van der Waals surface area contributed by atoms with Crippen LogP contribution in [0.5, 0.6) is 0 Å². The first-order chi connectivity index (χ1) is 15.6. The standard InChI is InChI=1S/C24H32N6O2/c1-3-28(4-2)24(32)22-17-30(27-26-22)16-18-8-7-13-29(15-18)23(31)12-11-19-14-25-21-10-6-5-9-20(19)21/h5-6,9-10,14,17-18,25H,3-4,7-8,11-13,15-16H2,1-2H3. The molecule has 1 N–H and O–H groups in total. The fourth-order valence-corrected chi connectivity index (χ4v) is 4.60. The highest BCUT2D eigenvalue weighted by atomic mass is 16.2. The van der Waals surface area contributed by atoms with Crippen LogP contribution in [0, 0.1) is 5.92 Å². The zero-order chi connectivity index (χ0) is 22.5. The van der Waals surface area contributed by atoms with Gasteiger partial charge in [-0.3, -0.25) is 14.3 Å². The number of carbonyl (C=O) groups excluding carboxylic acids is 2. The van der Waals surface area contributed by atoms with E-state index in [1.165, 1.54) is 10.9 Å². The van der Waals surface area contributed by atoms with Gasteiger partial charge < -0.3 is 14.8 Å². The molecule has 8 nitrogen and oxygen atoms in total. The lowest BCUT2D eigenvalue weighted by molar-refractivity contribution is -0.133. The molecule has 2 amide bonds. The maximum atomic E-state index is 12.9. The molecule has 1 aliphatic heterocycles. The molecule has 8 heteroatoms. The van der Waals surface area contributed by atoms with E-state index in [4.69, 9.17) is 0 Å². The average molecular weight is 437 g/mol. The van der Waals surface area contributed by atoms with Gasteiger partial charge in [0.1, 0.15) is 0 Å². The van der Waals surface area contributed by atoms with Gasteiger partial charge in [0.25, 0.3) is 5.91 Å². The number of likely N-dealkylation sites (tertiary alicyclic amines) is 1. The lowest BCUT2D eigenvalue weighted by Gasteiger charge is -2.32. The Morgan fingerprint density at radius 2 is 2.03 bits per heavy atom. The van der Waals surface area contributed by atoms with Crippen molar-refractivity contribution < 1.29 is 9.59 Å². The van der Waals surface area contributed by atoms with Crippen LogP contribution in [0.2, 0.25) is 0 Å². The number of aromatic amines is 1. The number of amides is 2. The van der Waals surface area contributed by atoms with E-state index in [2.05, 4.69) is 27.4 Å². The van der Waals surface area contributed by atoms with Crippen molar-refractivity contribution in [3.8, 4) is 0 Å². The highest BCUT2D eigenvalue weighted by Gasteiger charge is 2.25. The van der Waals surface area contributed by atoms with Crippen molar-refractivity contribution >= 4 is 22.7 Å². The SMILES string of the molecule is CCN(CC)C(=O)c1cn(CC2CCCN(C(=O)CCc3c[nH]c4ccccc34)C2)nn1. The number of fused-ring (bicyclic) bond motifs is 1. The Hall–Kier alpha value is -3.16. The van der Waals surface area contributed by atoms with E-state index >= 15 is 0 Å². The van der Waals surface area contributed by atoms with Gasteiger partial charge in [0, 0.05) is 56.2 Å². The summed E-state index contributed by atoms with van der Waals surface area (Å²) in [6.45, 7) is 7.43. The van der Waals surface area contributed by atoms with Crippen LogP contribution in [0.4, 0.5) is 0 Å². The van der Waals surface area contributed by atoms with E-state index in [9.17, 15) is 9.59 Å². The monoisotopic (exact) mass is 436 g/mol. The summed E-state index contributed by atoms with van der Waals surface area (Å²) >= 11 is 0. The Morgan fingerprint density at radius 3 is 2.84 bits per heavy atom. The normalized spacial score (nSPS) is 16.4. The summed E-state index contributed by atoms with van der Waals surface area (Å²) in [5.74, 6) is 0.439. The van der Waals surface area contributed by atoms with Gasteiger partial charge in [-0.15, -0.1) is 5.10 Å². The Labute approximate surface area is 188 Å². The van der Waals surface area contributed by atoms with Crippen LogP contribution in [0.15, 0.2) is 36.7 Å². The van der Waals surface area contributed by atoms with Crippen LogP contribution >= 0.6 is 0 Å². The van der Waals surface area contributed by atoms with E-state index in [1.54, 1.807) is 15.8 Å². The van der Waals surface area contributed by atoms with Gasteiger partial charge in [-0.25, -0.2) is 0 Å². The van der Waals surface area contributed by atoms with Gasteiger partial charge in [-0.1, -0.05) is 23.4 Å². The maximum absolute atomic E-state index is 12.9. The van der Waals surface area contributed by atoms with E-state index in [-0.39, 0.29) is 11.8 Å². The van der Waals surface area contributed by atoms with Crippen molar-refractivity contribution in [1.29, 1.82) is 0 Å². The van der Waals surface area contributed by atoms with Crippen LogP contribution in [0.1, 0.15) is 49.2 Å². The number of nitrogens with one attached hydrogen (secondary N) is 1. The summed E-state index contributed by atoms with van der Waals surface area (Å²) in [5.41, 5.74) is 2.69. The summed E-state index contributed by atoms with van der Waals surface area (Å²) in [6, 6.07) is 8.20. The van der Waals surface area contributed by atoms with Crippen LogP contribution in [0.3, 0.4) is 0 Å². The molecular formula is C24H32N6O2. The number of nitrogens with zero attached hydrogens (tertiary/aromatic N) is 5. The molecule has 1 aromatic carbocycles. The first kappa shape index (κ1) is 22.0. The second-order valence-corrected chi connectivity index (χ2v) is 8.51. The molecule has 0 bridgehead atoms. The third kappa shape index (κ3) is 4.84. The number of benzene rings is 1. The van der Waals surface area contributed by atoms with Crippen molar-refractivity contribution in [1.82, 2.24) is 29.8 Å². The molecule has 0 saturated carbocycles. The number of rotatable bonds is 8. The van der Waals surface area contributed by atoms with Gasteiger partial charge in [-0.2, -0.15) is 0 Å². The molecule has 4 rings (SSSR count). The molecular weight excluding hydrogens is 404 g/mol. The summed E-state index contributed by atoms with van der Waals surface area (Å²) in [5, 5.41) is 9.43. The molecule has 3 heterocycles. The highest BCUT2D eigenvalue weighted by molar-refractivity contribution is 5.91. The fourth-order valence-electron chi connectivity index (χ4n) is 4.60. The Balaban J connectivity index is 1.31. The molecule has 0 radical (unpaired) electrons. The van der Waals surface area contributed by atoms with Crippen molar-refractivity contribution in [3.63, 3.8) is 0 Å². The Kier molecular flexibility index (Phi) is 6.87. The number of carbonyl (C=O) groups is 2. The zero-order valence-corrected chi connectivity index (χ0v) is 19.0. The van der Waals surface area contributed by atoms with Gasteiger partial charge in [-0.05, 0) is 50.7 Å². The lowest BCUT2D eigenvalue weighted by atomic mass is 9.97. The van der Waals surface area contributed by atoms with Crippen molar-refractivity contribution in [2.75, 3.05) is 26.2 Å². The molecule has 2 aromatic heterocycles. The summed E-state index contributed by atoms with van der Waals surface area (Å²) in [6.07, 6.45) is 7.04. The molecule has 170 valence electrons. The van der Waals surface area contributed by atoms with Crippen LogP contribution < -0.4 is 0 Å². The van der Waals surface area contributed by atoms with Gasteiger partial charge >= 0.3 is 0 Å². The molecule has 1 atom stereocenters. The lowest BCUT2D eigenvalue weighted by Crippen LogP contribution is -2.41. The minimum atomic E-state index is -0.0843. The molecule has 0 spiro atoms. The Morgan fingerprint density at radius 1 is 1.22 bits per heavy atom. The third-order valence-corrected chi connectivity index (χ3v) is 6.41. The molecule has 1 saturated heterocycles. The van der Waals surface area contributed by atoms with Gasteiger partial charge in [0.15, 0.2) is 5.69 Å². The zero-order valence-electron chi connectivity index (χ0n) is 19.0. The van der Waals surface area contributed by atoms with Crippen molar-refractivity contribution in [2.45, 2.75) is 46.1 Å². The van der Waals surface area contributed by atoms with E-state index < -0.39 is 0 Å². The fraction of sp³-hybridized carbons (Fsp3) is 0.500. The highest BCUT2D eigenvalue weighted by Crippen LogP contribution is 2.22. The predicted octanol–water partition coefficient (Wildman–Crippen LogP) is 3.11. The van der Waals surface area contributed by atoms with Gasteiger partial charge in [0.05, 0.1) is 6.20 Å². The smallest absolute Gasteiger partial charge is 0.276 e. The molecule has 1 unspecified atom stereocenters. The first-order valence-electron chi connectivity index (χ1n) is 11.6. The number of H-pyrrole nitrogens is 1. The molecule has 0 aliphatic carbocycles. The number of para-hydroxylation sites is 1. The first-order valence-corrected chi connectivity index (χ1v) is 11.6. The van der Waals surface area contributed by atoms with E-state index in [0.717, 1.165) is 37.9 Å². The van der Waals surface area contributed by atoms with Crippen LogP contribution in [-0.4, -0.2) is 67.8 Å². The maximum Gasteiger partial charge on any atom is 0.276 e. The largest absolute Gasteiger partial charge is 0.361 e. The molecule has 3 aromatic rings. The van der Waals surface area contributed by atoms with E-state index in [1.807, 2.05) is 37.1 Å². The molecule has 1 aliphatic rings. The van der Waals surface area contributed by atoms with Gasteiger partial charge in [0.2, 0.25) is 5.91 Å². The molecule has 32 heavy (non-hydrogen) atoms. The average Bonchev–Trinajstić information content (AvgIpc) is 3.45. The number of piperidine rings is 1. The molecule has 1 fully saturated rings. The number of hydrogen-bond acceptors (Lipinski definition) is 4. The van der Waals surface area contributed by atoms with E-state index in [0.29, 0.717) is 37.7 Å². The number of hydrogen-bond donors (Lipinski definition) is 1. The minimum Gasteiger partial charge on any atom is -0.361 e. The number of aryl methyl sites for hydroxylation is 1. The minimum absolute atomic E-state index is 0.0843. The predicted molar refractivity (Wildman–Crippen MR) is 123 cm³/mol. The summed E-state index contributed by atoms with van der Waals surface area (Å²) < 4.78 is 1.75. The van der Waals surface area contributed by atoms with Crippen LogP contribution in [0.25, 0.3) is 10.9 Å². The summed E-state index contributed by atoms with van der Waals surface area (Å²) in [7, 11) is 0. The topological polar surface area (TPSA) is 87.1 Å². The van der Waals surface area contributed by atoms with Crippen LogP contribution in [-0.2, 0) is 17.8 Å². The van der Waals surface area contributed by atoms with Crippen molar-refractivity contribution in [2.24, 2.45) is 5.92 Å². The second-order valence-electron chi connectivity index (χ2n) is 8.51. The van der Waals surface area contributed by atoms with Crippen molar-refractivity contribution in [3.05, 3.63) is 47.9 Å².